The molecule has 0 aliphatic carbocycles. The summed E-state index contributed by atoms with van der Waals surface area (Å²) in [6.07, 6.45) is -3.37. The first-order valence-electron chi connectivity index (χ1n) is 4.42. The first kappa shape index (κ1) is 13.9. The number of anilines is 1. The molecule has 0 bridgehead atoms. The molecular formula is C9H6F4N2O3. The highest BCUT2D eigenvalue weighted by Crippen LogP contribution is 2.24. The van der Waals surface area contributed by atoms with Gasteiger partial charge in [0.05, 0.1) is 11.9 Å². The first-order valence-corrected chi connectivity index (χ1v) is 4.42. The third kappa shape index (κ3) is 2.93. The summed E-state index contributed by atoms with van der Waals surface area (Å²) >= 11 is 0. The summed E-state index contributed by atoms with van der Waals surface area (Å²) in [7, 11) is 0. The molecule has 1 amide bonds. The highest BCUT2D eigenvalue weighted by Gasteiger charge is 2.48. The zero-order chi connectivity index (χ0) is 13.9. The Morgan fingerprint density at radius 3 is 2.33 bits per heavy atom. The van der Waals surface area contributed by atoms with Gasteiger partial charge in [0.15, 0.2) is 0 Å². The Bertz CT molecular complexity index is 461. The number of carboxylic acids is 1. The number of carbonyl (C=O) groups excluding carboxylic acids is 1. The van der Waals surface area contributed by atoms with Gasteiger partial charge in [-0.25, -0.2) is 18.6 Å². The minimum absolute atomic E-state index is 0.315. The van der Waals surface area contributed by atoms with Crippen LogP contribution in [0.15, 0.2) is 18.3 Å². The molecule has 5 nitrogen and oxygen atoms in total. The van der Waals surface area contributed by atoms with Crippen LogP contribution in [0, 0.1) is 0 Å². The number of nitrogens with zero attached hydrogens (tertiary/aromatic N) is 1. The predicted octanol–water partition coefficient (Wildman–Crippen LogP) is 1.62. The summed E-state index contributed by atoms with van der Waals surface area (Å²) in [5.74, 6) is -8.38. The van der Waals surface area contributed by atoms with E-state index in [9.17, 15) is 27.2 Å². The van der Waals surface area contributed by atoms with Crippen LogP contribution in [0.25, 0.3) is 0 Å². The highest BCUT2D eigenvalue weighted by atomic mass is 19.3. The van der Waals surface area contributed by atoms with E-state index in [4.69, 9.17) is 5.11 Å². The lowest BCUT2D eigenvalue weighted by Crippen LogP contribution is -2.41. The number of aromatic nitrogens is 1. The van der Waals surface area contributed by atoms with E-state index in [-0.39, 0.29) is 11.4 Å². The third-order valence-corrected chi connectivity index (χ3v) is 1.82. The summed E-state index contributed by atoms with van der Waals surface area (Å²) in [6, 6.07) is 1.88. The van der Waals surface area contributed by atoms with Gasteiger partial charge in [-0.3, -0.25) is 4.79 Å². The van der Waals surface area contributed by atoms with Gasteiger partial charge in [0.2, 0.25) is 0 Å². The number of hydrogen-bond acceptors (Lipinski definition) is 3. The van der Waals surface area contributed by atoms with Crippen LogP contribution in [0.5, 0.6) is 0 Å². The van der Waals surface area contributed by atoms with Crippen LogP contribution in [-0.4, -0.2) is 34.3 Å². The van der Waals surface area contributed by atoms with Crippen molar-refractivity contribution in [3.05, 3.63) is 24.0 Å². The Hall–Kier alpha value is -2.19. The molecule has 0 saturated carbocycles. The topological polar surface area (TPSA) is 79.3 Å². The van der Waals surface area contributed by atoms with E-state index >= 15 is 0 Å². The number of aromatic carboxylic acids is 1. The second-order valence-corrected chi connectivity index (χ2v) is 3.12. The van der Waals surface area contributed by atoms with Gasteiger partial charge < -0.3 is 10.4 Å². The number of carboxylic acid groups (broad SMARTS) is 1. The first-order chi connectivity index (χ1) is 8.25. The molecular weight excluding hydrogens is 260 g/mol. The van der Waals surface area contributed by atoms with Crippen molar-refractivity contribution in [1.29, 1.82) is 0 Å². The summed E-state index contributed by atoms with van der Waals surface area (Å²) in [5, 5.41) is 10.00. The van der Waals surface area contributed by atoms with E-state index < -0.39 is 24.2 Å². The molecule has 0 atom stereocenters. The Kier molecular flexibility index (Phi) is 3.84. The standard InChI is InChI=1S/C9H6F4N2O3/c10-7(11)9(12,13)8(18)15-4-1-2-5(6(16)17)14-3-4/h1-3,7H,(H,15,18)(H,16,17). The molecule has 98 valence electrons. The molecule has 0 unspecified atom stereocenters. The number of pyridine rings is 1. The van der Waals surface area contributed by atoms with Crippen molar-refractivity contribution in [2.24, 2.45) is 0 Å². The molecule has 0 spiro atoms. The van der Waals surface area contributed by atoms with Gasteiger partial charge in [-0.15, -0.1) is 0 Å². The van der Waals surface area contributed by atoms with Gasteiger partial charge in [0, 0.05) is 0 Å². The van der Waals surface area contributed by atoms with Gasteiger partial charge in [-0.1, -0.05) is 0 Å². The molecule has 9 heteroatoms. The van der Waals surface area contributed by atoms with Crippen molar-refractivity contribution in [2.75, 3.05) is 5.32 Å². The van der Waals surface area contributed by atoms with Crippen LogP contribution >= 0.6 is 0 Å². The number of alkyl halides is 4. The molecule has 1 aromatic heterocycles. The second-order valence-electron chi connectivity index (χ2n) is 3.12. The van der Waals surface area contributed by atoms with Gasteiger partial charge >= 0.3 is 24.2 Å². The Balaban J connectivity index is 2.80. The maximum atomic E-state index is 12.6. The van der Waals surface area contributed by atoms with Gasteiger partial charge in [0.1, 0.15) is 5.69 Å². The van der Waals surface area contributed by atoms with Gasteiger partial charge in [0.25, 0.3) is 0 Å². The molecule has 0 saturated heterocycles. The fourth-order valence-corrected chi connectivity index (χ4v) is 0.908. The predicted molar refractivity (Wildman–Crippen MR) is 50.8 cm³/mol. The van der Waals surface area contributed by atoms with Gasteiger partial charge in [-0.2, -0.15) is 8.78 Å². The second kappa shape index (κ2) is 4.98. The van der Waals surface area contributed by atoms with Crippen molar-refractivity contribution in [1.82, 2.24) is 4.98 Å². The number of amides is 1. The number of halogens is 4. The summed E-state index contributed by atoms with van der Waals surface area (Å²) in [4.78, 5) is 24.5. The van der Waals surface area contributed by atoms with E-state index in [1.165, 1.54) is 5.32 Å². The lowest BCUT2D eigenvalue weighted by atomic mass is 10.3. The average Bonchev–Trinajstić information content (AvgIpc) is 2.29. The van der Waals surface area contributed by atoms with Crippen LogP contribution in [0.3, 0.4) is 0 Å². The van der Waals surface area contributed by atoms with Crippen LogP contribution in [0.4, 0.5) is 23.2 Å². The minimum Gasteiger partial charge on any atom is -0.477 e. The van der Waals surface area contributed by atoms with Crippen molar-refractivity contribution < 1.29 is 32.3 Å². The van der Waals surface area contributed by atoms with E-state index in [2.05, 4.69) is 4.98 Å². The van der Waals surface area contributed by atoms with Crippen molar-refractivity contribution >= 4 is 17.6 Å². The maximum Gasteiger partial charge on any atom is 0.383 e. The molecule has 0 fully saturated rings. The Morgan fingerprint density at radius 2 is 1.94 bits per heavy atom. The zero-order valence-corrected chi connectivity index (χ0v) is 8.53. The number of hydrogen-bond donors (Lipinski definition) is 2. The summed E-state index contributed by atoms with van der Waals surface area (Å²) in [5.41, 5.74) is -0.695. The molecule has 0 aromatic carbocycles. The highest BCUT2D eigenvalue weighted by molar-refractivity contribution is 5.96. The molecule has 0 radical (unpaired) electrons. The SMILES string of the molecule is O=C(O)c1ccc(NC(=O)C(F)(F)C(F)F)cn1. The molecule has 1 heterocycles. The van der Waals surface area contributed by atoms with E-state index in [0.717, 1.165) is 18.3 Å². The maximum absolute atomic E-state index is 12.6. The fraction of sp³-hybridized carbons (Fsp3) is 0.222. The van der Waals surface area contributed by atoms with Crippen molar-refractivity contribution in [3.8, 4) is 0 Å². The molecule has 1 rings (SSSR count). The Labute approximate surface area is 97.4 Å². The lowest BCUT2D eigenvalue weighted by molar-refractivity contribution is -0.163. The van der Waals surface area contributed by atoms with Crippen LogP contribution < -0.4 is 5.32 Å². The lowest BCUT2D eigenvalue weighted by Gasteiger charge is -2.14. The smallest absolute Gasteiger partial charge is 0.383 e. The number of nitrogens with one attached hydrogen (secondary N) is 1. The monoisotopic (exact) mass is 266 g/mol. The average molecular weight is 266 g/mol. The van der Waals surface area contributed by atoms with Crippen LogP contribution in [0.2, 0.25) is 0 Å². The van der Waals surface area contributed by atoms with Crippen LogP contribution in [0.1, 0.15) is 10.5 Å². The van der Waals surface area contributed by atoms with Crippen LogP contribution in [-0.2, 0) is 4.79 Å². The number of rotatable bonds is 4. The molecule has 0 aliphatic heterocycles. The van der Waals surface area contributed by atoms with E-state index in [0.29, 0.717) is 0 Å². The van der Waals surface area contributed by atoms with Gasteiger partial charge in [-0.05, 0) is 12.1 Å². The fourth-order valence-electron chi connectivity index (χ4n) is 0.908. The van der Waals surface area contributed by atoms with E-state index in [1.54, 1.807) is 0 Å². The summed E-state index contributed by atoms with van der Waals surface area (Å²) in [6.45, 7) is 0. The normalized spacial score (nSPS) is 11.4. The Morgan fingerprint density at radius 1 is 1.33 bits per heavy atom. The molecule has 0 aliphatic rings. The van der Waals surface area contributed by atoms with Crippen molar-refractivity contribution in [3.63, 3.8) is 0 Å². The minimum atomic E-state index is -4.83. The number of carbonyl (C=O) groups is 2. The largest absolute Gasteiger partial charge is 0.477 e. The van der Waals surface area contributed by atoms with E-state index in [1.807, 2.05) is 0 Å². The molecule has 18 heavy (non-hydrogen) atoms. The third-order valence-electron chi connectivity index (χ3n) is 1.82. The summed E-state index contributed by atoms with van der Waals surface area (Å²) < 4.78 is 48.8. The quantitative estimate of drug-likeness (QED) is 0.811. The zero-order valence-electron chi connectivity index (χ0n) is 8.53. The molecule has 1 aromatic rings. The van der Waals surface area contributed by atoms with Crippen molar-refractivity contribution in [2.45, 2.75) is 12.3 Å². The molecule has 2 N–H and O–H groups in total.